The molecule has 0 amide bonds. The lowest BCUT2D eigenvalue weighted by Crippen LogP contribution is -1.97. The summed E-state index contributed by atoms with van der Waals surface area (Å²) in [6, 6.07) is 42.9. The van der Waals surface area contributed by atoms with E-state index in [9.17, 15) is 20.4 Å². The fraction of sp³-hybridized carbons (Fsp3) is 0.0417. The summed E-state index contributed by atoms with van der Waals surface area (Å²) in [5, 5.41) is 57.2. The molecule has 244 valence electrons. The van der Waals surface area contributed by atoms with Gasteiger partial charge < -0.3 is 20.4 Å². The minimum atomic E-state index is -1.02. The van der Waals surface area contributed by atoms with Crippen LogP contribution >= 0.6 is 0 Å². The van der Waals surface area contributed by atoms with Gasteiger partial charge in [-0.1, -0.05) is 121 Å². The predicted molar refractivity (Wildman–Crippen MR) is 211 cm³/mol. The Morgan fingerprint density at radius 1 is 0.346 bits per heavy atom. The average molecular weight is 669 g/mol. The van der Waals surface area contributed by atoms with Crippen molar-refractivity contribution in [3.63, 3.8) is 0 Å². The topological polar surface area (TPSA) is 80.9 Å². The van der Waals surface area contributed by atoms with Gasteiger partial charge in [-0.15, -0.1) is 0 Å². The number of hydrogen-bond donors (Lipinski definition) is 4. The van der Waals surface area contributed by atoms with Gasteiger partial charge >= 0.3 is 0 Å². The second-order valence-electron chi connectivity index (χ2n) is 13.4. The second kappa shape index (κ2) is 11.4. The Morgan fingerprint density at radius 2 is 0.692 bits per heavy atom. The van der Waals surface area contributed by atoms with Crippen LogP contribution in [-0.4, -0.2) is 20.4 Å². The largest absolute Gasteiger partial charge is 0.507 e. The third-order valence-corrected chi connectivity index (χ3v) is 10.5. The Bertz CT molecular complexity index is 2990. The van der Waals surface area contributed by atoms with E-state index in [1.54, 1.807) is 12.1 Å². The monoisotopic (exact) mass is 668 g/mol. The van der Waals surface area contributed by atoms with Crippen molar-refractivity contribution >= 4 is 75.4 Å². The minimum absolute atomic E-state index is 0.237. The van der Waals surface area contributed by atoms with Crippen LogP contribution < -0.4 is 0 Å². The molecular weight excluding hydrogens is 641 g/mol. The lowest BCUT2D eigenvalue weighted by molar-refractivity contribution is 0.239. The van der Waals surface area contributed by atoms with E-state index in [1.165, 1.54) is 0 Å². The first-order valence-electron chi connectivity index (χ1n) is 17.1. The zero-order valence-electron chi connectivity index (χ0n) is 27.6. The van der Waals surface area contributed by atoms with Crippen LogP contribution in [-0.2, 0) is 0 Å². The molecule has 0 saturated carbocycles. The molecular formula is C48H28O4. The molecule has 0 aromatic heterocycles. The summed E-state index contributed by atoms with van der Waals surface area (Å²) in [6.45, 7) is 0. The Labute approximate surface area is 298 Å². The number of phenolic OH excluding ortho intramolecular Hbond substituents is 2. The maximum atomic E-state index is 11.3. The van der Waals surface area contributed by atoms with E-state index >= 15 is 0 Å². The summed E-state index contributed by atoms with van der Waals surface area (Å²) < 4.78 is 0. The quantitative estimate of drug-likeness (QED) is 0.109. The molecule has 0 bridgehead atoms. The highest BCUT2D eigenvalue weighted by Gasteiger charge is 2.17. The van der Waals surface area contributed by atoms with Crippen LogP contribution in [0.5, 0.6) is 11.5 Å². The second-order valence-corrected chi connectivity index (χ2v) is 13.4. The van der Waals surface area contributed by atoms with Crippen molar-refractivity contribution in [1.82, 2.24) is 0 Å². The molecule has 0 heterocycles. The first-order valence-corrected chi connectivity index (χ1v) is 17.1. The third-order valence-electron chi connectivity index (χ3n) is 10.5. The van der Waals surface area contributed by atoms with E-state index in [2.05, 4.69) is 23.7 Å². The molecule has 0 aliphatic carbocycles. The molecule has 10 rings (SSSR count). The van der Waals surface area contributed by atoms with Crippen LogP contribution in [0.3, 0.4) is 0 Å². The van der Waals surface area contributed by atoms with Crippen LogP contribution in [0.1, 0.15) is 34.5 Å². The number of benzene rings is 10. The van der Waals surface area contributed by atoms with E-state index in [1.807, 2.05) is 121 Å². The van der Waals surface area contributed by atoms with E-state index in [-0.39, 0.29) is 11.5 Å². The summed E-state index contributed by atoms with van der Waals surface area (Å²) in [4.78, 5) is 0. The number of aromatic hydroxyl groups is 2. The molecule has 0 aliphatic heterocycles. The average Bonchev–Trinajstić information content (AvgIpc) is 3.18. The molecule has 2 unspecified atom stereocenters. The van der Waals surface area contributed by atoms with Gasteiger partial charge in [0.1, 0.15) is 23.7 Å². The van der Waals surface area contributed by atoms with Gasteiger partial charge in [-0.05, 0) is 90.3 Å². The third kappa shape index (κ3) is 4.60. The lowest BCUT2D eigenvalue weighted by atomic mass is 9.90. The zero-order chi connectivity index (χ0) is 35.1. The van der Waals surface area contributed by atoms with Crippen molar-refractivity contribution in [2.45, 2.75) is 12.2 Å². The molecule has 0 spiro atoms. The predicted octanol–water partition coefficient (Wildman–Crippen LogP) is 10.2. The van der Waals surface area contributed by atoms with Gasteiger partial charge in [-0.25, -0.2) is 0 Å². The van der Waals surface area contributed by atoms with E-state index in [0.29, 0.717) is 0 Å². The van der Waals surface area contributed by atoms with Gasteiger partial charge in [0.05, 0.1) is 0 Å². The number of phenols is 2. The molecule has 4 heteroatoms. The minimum Gasteiger partial charge on any atom is -0.507 e. The van der Waals surface area contributed by atoms with Crippen molar-refractivity contribution in [3.8, 4) is 35.2 Å². The molecule has 0 aliphatic rings. The van der Waals surface area contributed by atoms with Crippen LogP contribution in [0.2, 0.25) is 0 Å². The Balaban J connectivity index is 0.964. The van der Waals surface area contributed by atoms with Crippen molar-refractivity contribution in [2.24, 2.45) is 0 Å². The number of rotatable bonds is 2. The van der Waals surface area contributed by atoms with Gasteiger partial charge in [-0.3, -0.25) is 0 Å². The first kappa shape index (κ1) is 30.0. The number of hydrogen-bond acceptors (Lipinski definition) is 4. The first-order chi connectivity index (χ1) is 25.4. The molecule has 4 N–H and O–H groups in total. The van der Waals surface area contributed by atoms with Gasteiger partial charge in [0.2, 0.25) is 0 Å². The molecule has 0 fully saturated rings. The molecule has 52 heavy (non-hydrogen) atoms. The fourth-order valence-corrected chi connectivity index (χ4v) is 7.95. The van der Waals surface area contributed by atoms with E-state index < -0.39 is 12.2 Å². The number of aliphatic hydroxyl groups excluding tert-OH is 2. The smallest absolute Gasteiger partial charge is 0.141 e. The van der Waals surface area contributed by atoms with Crippen LogP contribution in [0, 0.1) is 23.7 Å². The summed E-state index contributed by atoms with van der Waals surface area (Å²) in [5.74, 6) is 12.9. The Kier molecular flexibility index (Phi) is 6.56. The molecule has 10 aromatic carbocycles. The van der Waals surface area contributed by atoms with Gasteiger partial charge in [0.15, 0.2) is 0 Å². The van der Waals surface area contributed by atoms with Gasteiger partial charge in [0.25, 0.3) is 0 Å². The lowest BCUT2D eigenvalue weighted by Gasteiger charge is -2.15. The summed E-state index contributed by atoms with van der Waals surface area (Å²) in [5.41, 5.74) is 2.97. The van der Waals surface area contributed by atoms with Crippen molar-refractivity contribution < 1.29 is 20.4 Å². The fourth-order valence-electron chi connectivity index (χ4n) is 7.95. The van der Waals surface area contributed by atoms with Crippen LogP contribution in [0.25, 0.3) is 75.4 Å². The van der Waals surface area contributed by atoms with Crippen molar-refractivity contribution in [2.75, 3.05) is 0 Å². The van der Waals surface area contributed by atoms with Crippen LogP contribution in [0.4, 0.5) is 0 Å². The highest BCUT2D eigenvalue weighted by Crippen LogP contribution is 2.42. The summed E-state index contributed by atoms with van der Waals surface area (Å²) >= 11 is 0. The maximum Gasteiger partial charge on any atom is 0.141 e. The highest BCUT2D eigenvalue weighted by atomic mass is 16.3. The van der Waals surface area contributed by atoms with Crippen molar-refractivity contribution in [1.29, 1.82) is 0 Å². The maximum absolute atomic E-state index is 11.3. The molecule has 0 saturated heterocycles. The van der Waals surface area contributed by atoms with Gasteiger partial charge in [0, 0.05) is 43.8 Å². The van der Waals surface area contributed by atoms with Crippen molar-refractivity contribution in [3.05, 3.63) is 156 Å². The van der Waals surface area contributed by atoms with E-state index in [4.69, 9.17) is 0 Å². The zero-order valence-corrected chi connectivity index (χ0v) is 27.6. The standard InChI is InChI=1S/C48H28O4/c49-41(35-15-7-30-11-19-39-43(51)23-13-32-9-17-37(35)45(30)47(32)39)21-3-27-1-5-29-6-2-28(26-34(29)25-27)4-22-42(50)36-16-8-31-12-20-40-44(52)24-14-33-10-18-38(36)46(31)48(33)40/h1-2,5-20,23-26,41-42,49-52H. The highest BCUT2D eigenvalue weighted by molar-refractivity contribution is 6.26. The Morgan fingerprint density at radius 3 is 1.13 bits per heavy atom. The SMILES string of the molecule is Oc1ccc2ccc3c(C(O)C#Cc4ccc5ccc(C#CC(O)c6ccc7ccc8c(O)ccc9ccc6c7c98)cc5c4)ccc4ccc1c2c43. The molecule has 10 aromatic rings. The number of aliphatic hydroxyl groups is 2. The molecule has 4 nitrogen and oxygen atoms in total. The number of fused-ring (bicyclic) bond motifs is 1. The Hall–Kier alpha value is -6.82. The normalized spacial score (nSPS) is 12.9. The molecule has 0 radical (unpaired) electrons. The van der Waals surface area contributed by atoms with Crippen LogP contribution in [0.15, 0.2) is 133 Å². The van der Waals surface area contributed by atoms with Gasteiger partial charge in [-0.2, -0.15) is 0 Å². The molecule has 2 atom stereocenters. The van der Waals surface area contributed by atoms with E-state index in [0.717, 1.165) is 97.7 Å². The summed E-state index contributed by atoms with van der Waals surface area (Å²) in [7, 11) is 0. The summed E-state index contributed by atoms with van der Waals surface area (Å²) in [6.07, 6.45) is -2.03.